The minimum atomic E-state index is 1.21. The molecule has 0 atom stereocenters. The first-order chi connectivity index (χ1) is 27.6. The largest absolute Gasteiger partial charge is 0.168 e. The van der Waals surface area contributed by atoms with E-state index in [9.17, 15) is 0 Å². The smallest absolute Gasteiger partial charge is 0.0809 e. The first kappa shape index (κ1) is 42.0. The zero-order chi connectivity index (χ0) is 39.4. The average molecular weight is 881 g/mol. The summed E-state index contributed by atoms with van der Waals surface area (Å²) in [5.74, 6) is 0. The predicted molar refractivity (Wildman–Crippen MR) is 240 cm³/mol. The topological polar surface area (TPSA) is 6.48 Å². The van der Waals surface area contributed by atoms with Crippen molar-refractivity contribution in [2.24, 2.45) is 0 Å². The number of benzene rings is 6. The van der Waals surface area contributed by atoms with Crippen LogP contribution in [0.1, 0.15) is 0 Å². The van der Waals surface area contributed by atoms with Gasteiger partial charge in [-0.3, -0.25) is 0 Å². The van der Waals surface area contributed by atoms with Crippen LogP contribution in [0.25, 0.3) is 43.1 Å². The summed E-state index contributed by atoms with van der Waals surface area (Å²) in [6.07, 6.45) is 0. The Morgan fingerprint density at radius 3 is 0.839 bits per heavy atom. The van der Waals surface area contributed by atoms with E-state index >= 15 is 0 Å². The molecule has 0 N–H and O–H groups in total. The van der Waals surface area contributed by atoms with Crippen molar-refractivity contribution in [1.29, 1.82) is 0 Å². The number of nitrogens with zero attached hydrogens (tertiary/aromatic N) is 2. The van der Waals surface area contributed by atoms with Crippen molar-refractivity contribution in [2.75, 3.05) is 23.9 Å². The van der Waals surface area contributed by atoms with E-state index < -0.39 is 0 Å². The Labute approximate surface area is 362 Å². The van der Waals surface area contributed by atoms with Gasteiger partial charge in [0, 0.05) is 0 Å². The maximum absolute atomic E-state index is 3.34. The van der Waals surface area contributed by atoms with Crippen LogP contribution < -0.4 is 9.80 Å². The first-order valence-electron chi connectivity index (χ1n) is 18.5. The summed E-state index contributed by atoms with van der Waals surface area (Å²) in [5, 5.41) is 10.6. The molecule has 2 nitrogen and oxygen atoms in total. The Hall–Kier alpha value is -5.13. The van der Waals surface area contributed by atoms with E-state index in [0.29, 0.717) is 0 Å². The Kier molecular flexibility index (Phi) is 17.3. The molecule has 0 aliphatic rings. The quantitative estimate of drug-likeness (QED) is 0.163. The van der Waals surface area contributed by atoms with Gasteiger partial charge < -0.3 is 0 Å². The molecule has 0 saturated heterocycles. The van der Waals surface area contributed by atoms with Crippen LogP contribution in [-0.2, 0) is 48.5 Å². The minimum Gasteiger partial charge on any atom is -0.168 e. The van der Waals surface area contributed by atoms with Crippen molar-refractivity contribution in [3.05, 3.63) is 231 Å². The van der Waals surface area contributed by atoms with Gasteiger partial charge in [0.25, 0.3) is 0 Å². The van der Waals surface area contributed by atoms with E-state index in [4.69, 9.17) is 0 Å². The SMILES string of the molecule is CN([C](=[Zr+2])N(C)c1ccccc1)c1ccccc1.[CH2]=[Zr+2].c1ccc2[cH-]ccc2c1.c1ccc2[cH-]ccc2c1.c1ccc2[cH-]ccc2c1.c1ccc2[cH-]ccc2c1. The fourth-order valence-electron chi connectivity index (χ4n) is 6.05. The molecule has 10 aromatic rings. The van der Waals surface area contributed by atoms with Crippen molar-refractivity contribution in [3.63, 3.8) is 0 Å². The summed E-state index contributed by atoms with van der Waals surface area (Å²) in [6.45, 7) is 0. The van der Waals surface area contributed by atoms with Gasteiger partial charge in [-0.15, -0.1) is 119 Å². The third-order valence-corrected chi connectivity index (χ3v) is 10.8. The minimum absolute atomic E-state index is 1.21. The Morgan fingerprint density at radius 2 is 0.589 bits per heavy atom. The molecule has 56 heavy (non-hydrogen) atoms. The second kappa shape index (κ2) is 23.1. The van der Waals surface area contributed by atoms with Crippen molar-refractivity contribution >= 4 is 62.1 Å². The third-order valence-electron chi connectivity index (χ3n) is 9.11. The molecule has 4 heteroatoms. The van der Waals surface area contributed by atoms with Gasteiger partial charge in [-0.1, -0.05) is 24.3 Å². The summed E-state index contributed by atoms with van der Waals surface area (Å²) in [5.41, 5.74) is 2.43. The molecule has 0 heterocycles. The molecule has 272 valence electrons. The molecular formula is C52H46N2Zr2. The predicted octanol–water partition coefficient (Wildman–Crippen LogP) is 13.1. The van der Waals surface area contributed by atoms with Crippen LogP contribution >= 0.6 is 0 Å². The molecular weight excluding hydrogens is 835 g/mol. The molecule has 0 saturated carbocycles. The molecule has 0 bridgehead atoms. The van der Waals surface area contributed by atoms with Crippen LogP contribution in [0, 0.1) is 0 Å². The molecule has 0 aliphatic heterocycles. The molecule has 0 aromatic heterocycles. The fraction of sp³-hybridized carbons (Fsp3) is 0.0385. The van der Waals surface area contributed by atoms with Crippen LogP contribution in [0.15, 0.2) is 231 Å². The summed E-state index contributed by atoms with van der Waals surface area (Å²) < 4.78 is 4.62. The zero-order valence-electron chi connectivity index (χ0n) is 32.0. The molecule has 0 aliphatic carbocycles. The number of fused-ring (bicyclic) bond motifs is 4. The van der Waals surface area contributed by atoms with Crippen molar-refractivity contribution < 1.29 is 48.5 Å². The molecule has 0 spiro atoms. The third kappa shape index (κ3) is 12.4. The van der Waals surface area contributed by atoms with Crippen LogP contribution in [0.3, 0.4) is 0 Å². The van der Waals surface area contributed by atoms with Crippen molar-refractivity contribution in [2.45, 2.75) is 0 Å². The Bertz CT molecular complexity index is 2160. The van der Waals surface area contributed by atoms with Crippen LogP contribution in [0.2, 0.25) is 0 Å². The summed E-state index contributed by atoms with van der Waals surface area (Å²) in [4.78, 5) is 4.46. The maximum Gasteiger partial charge on any atom is -0.0809 e. The van der Waals surface area contributed by atoms with E-state index in [1.165, 1.54) is 106 Å². The zero-order valence-corrected chi connectivity index (χ0v) is 37.0. The first-order valence-corrected chi connectivity index (χ1v) is 21.5. The van der Waals surface area contributed by atoms with Gasteiger partial charge in [0.1, 0.15) is 0 Å². The Balaban J connectivity index is 0.000000137. The fourth-order valence-corrected chi connectivity index (χ4v) is 6.69. The maximum atomic E-state index is 3.34. The number of para-hydroxylation sites is 2. The summed E-state index contributed by atoms with van der Waals surface area (Å²) >= 11 is 2.69. The summed E-state index contributed by atoms with van der Waals surface area (Å²) in [6, 6.07) is 79.6. The number of hydrogen-bond acceptors (Lipinski definition) is 2. The van der Waals surface area contributed by atoms with Crippen LogP contribution in [0.4, 0.5) is 11.4 Å². The second-order valence-corrected chi connectivity index (χ2v) is 13.8. The van der Waals surface area contributed by atoms with Gasteiger partial charge in [-0.2, -0.15) is 70.1 Å². The summed E-state index contributed by atoms with van der Waals surface area (Å²) in [7, 11) is 4.22. The van der Waals surface area contributed by atoms with Gasteiger partial charge in [-0.05, 0) is 0 Å². The molecule has 0 unspecified atom stereocenters. The number of hydrogen-bond donors (Lipinski definition) is 0. The van der Waals surface area contributed by atoms with E-state index in [1.807, 2.05) is 12.1 Å². The normalized spacial score (nSPS) is 9.89. The van der Waals surface area contributed by atoms with Crippen LogP contribution in [0.5, 0.6) is 0 Å². The van der Waals surface area contributed by atoms with E-state index in [2.05, 4.69) is 246 Å². The van der Waals surface area contributed by atoms with E-state index in [1.54, 1.807) is 0 Å². The standard InChI is InChI=1S/C15H16N2.4C9H7.CH2.2Zr/c1-16(14-9-5-3-6-10-14)13-17(2)15-11-7-4-8-12-15;4*1-2-5-9-7-3-6-8(9)4-1;;;/h3-12H,1-2H3;4*1-7H;1H2;;/q;4*-1;;2*+2. The molecule has 0 radical (unpaired) electrons. The number of rotatable bonds is 4. The van der Waals surface area contributed by atoms with Gasteiger partial charge in [-0.25, -0.2) is 0 Å². The van der Waals surface area contributed by atoms with Crippen LogP contribution in [-0.4, -0.2) is 21.8 Å². The molecule has 10 aromatic carbocycles. The second-order valence-electron chi connectivity index (χ2n) is 12.7. The van der Waals surface area contributed by atoms with Gasteiger partial charge in [0.2, 0.25) is 0 Å². The molecule has 0 amide bonds. The Morgan fingerprint density at radius 1 is 0.357 bits per heavy atom. The van der Waals surface area contributed by atoms with Gasteiger partial charge >= 0.3 is 152 Å². The van der Waals surface area contributed by atoms with Crippen molar-refractivity contribution in [3.8, 4) is 0 Å². The monoisotopic (exact) mass is 878 g/mol. The molecule has 10 rings (SSSR count). The number of anilines is 2. The van der Waals surface area contributed by atoms with E-state index in [-0.39, 0.29) is 0 Å². The van der Waals surface area contributed by atoms with E-state index in [0.717, 1.165) is 0 Å². The van der Waals surface area contributed by atoms with Gasteiger partial charge in [0.05, 0.1) is 0 Å². The average Bonchev–Trinajstić information content (AvgIpc) is 4.13. The molecule has 0 fully saturated rings. The van der Waals surface area contributed by atoms with Gasteiger partial charge in [0.15, 0.2) is 0 Å². The van der Waals surface area contributed by atoms with Crippen molar-refractivity contribution in [1.82, 2.24) is 0 Å².